The lowest BCUT2D eigenvalue weighted by atomic mass is 9.65. The van der Waals surface area contributed by atoms with Crippen molar-refractivity contribution >= 4 is 29.3 Å². The molecule has 2 saturated heterocycles. The summed E-state index contributed by atoms with van der Waals surface area (Å²) in [5.74, 6) is 2.32. The summed E-state index contributed by atoms with van der Waals surface area (Å²) in [5.41, 5.74) is 3.74. The number of aryl methyl sites for hydroxylation is 2. The van der Waals surface area contributed by atoms with E-state index in [0.717, 1.165) is 78.2 Å². The number of halogens is 1. The van der Waals surface area contributed by atoms with Crippen molar-refractivity contribution < 1.29 is 9.90 Å². The number of carbonyl (C=O) groups is 1. The van der Waals surface area contributed by atoms with Crippen molar-refractivity contribution in [3.8, 4) is 0 Å². The Kier molecular flexibility index (Phi) is 7.14. The molecule has 3 heterocycles. The van der Waals surface area contributed by atoms with Crippen molar-refractivity contribution in [2.75, 3.05) is 36.4 Å². The molecule has 7 nitrogen and oxygen atoms in total. The van der Waals surface area contributed by atoms with Crippen LogP contribution in [0.4, 0.5) is 11.8 Å². The van der Waals surface area contributed by atoms with Gasteiger partial charge in [0.05, 0.1) is 11.5 Å². The first-order chi connectivity index (χ1) is 17.5. The van der Waals surface area contributed by atoms with Gasteiger partial charge in [0.1, 0.15) is 5.82 Å². The normalized spacial score (nSPS) is 27.4. The Morgan fingerprint density at radius 2 is 1.89 bits per heavy atom. The van der Waals surface area contributed by atoms with Crippen LogP contribution in [-0.2, 0) is 4.79 Å². The fourth-order valence-corrected chi connectivity index (χ4v) is 6.70. The maximum atomic E-state index is 11.5. The second-order valence-electron chi connectivity index (χ2n) is 12.0. The number of hydrogen-bond acceptors (Lipinski definition) is 6. The molecule has 0 amide bonds. The smallest absolute Gasteiger partial charge is 0.309 e. The number of nitrogens with zero attached hydrogens (tertiary/aromatic N) is 4. The van der Waals surface area contributed by atoms with Crippen molar-refractivity contribution in [2.24, 2.45) is 17.3 Å². The molecule has 1 saturated carbocycles. The van der Waals surface area contributed by atoms with Crippen LogP contribution in [0.15, 0.2) is 18.2 Å². The number of hydrogen-bond donors (Lipinski definition) is 2. The first-order valence-corrected chi connectivity index (χ1v) is 14.0. The van der Waals surface area contributed by atoms with Crippen molar-refractivity contribution in [1.29, 1.82) is 0 Å². The Balaban J connectivity index is 1.20. The van der Waals surface area contributed by atoms with E-state index in [1.807, 2.05) is 19.9 Å². The van der Waals surface area contributed by atoms with Crippen molar-refractivity contribution in [3.05, 3.63) is 45.6 Å². The van der Waals surface area contributed by atoms with E-state index in [4.69, 9.17) is 21.6 Å². The molecule has 2 atom stereocenters. The van der Waals surface area contributed by atoms with Crippen LogP contribution in [-0.4, -0.2) is 58.2 Å². The highest BCUT2D eigenvalue weighted by atomic mass is 35.5. The van der Waals surface area contributed by atoms with Gasteiger partial charge < -0.3 is 20.2 Å². The molecular formula is C29H40ClN5O2. The summed E-state index contributed by atoms with van der Waals surface area (Å²) in [6.07, 6.45) is 4.02. The molecule has 0 radical (unpaired) electrons. The first kappa shape index (κ1) is 26.2. The molecule has 200 valence electrons. The highest BCUT2D eigenvalue weighted by Crippen LogP contribution is 2.45. The van der Waals surface area contributed by atoms with Gasteiger partial charge in [0.15, 0.2) is 0 Å². The molecule has 1 aromatic heterocycles. The molecule has 3 aliphatic rings. The minimum atomic E-state index is -0.648. The summed E-state index contributed by atoms with van der Waals surface area (Å²) in [7, 11) is 0. The zero-order valence-electron chi connectivity index (χ0n) is 22.7. The van der Waals surface area contributed by atoms with Crippen LogP contribution in [0.25, 0.3) is 0 Å². The lowest BCUT2D eigenvalue weighted by Gasteiger charge is -2.52. The van der Waals surface area contributed by atoms with Gasteiger partial charge in [-0.25, -0.2) is 4.98 Å². The number of carboxylic acid groups (broad SMARTS) is 1. The summed E-state index contributed by atoms with van der Waals surface area (Å²) in [6.45, 7) is 14.3. The average molecular weight is 526 g/mol. The van der Waals surface area contributed by atoms with E-state index in [1.165, 1.54) is 12.8 Å². The molecule has 0 unspecified atom stereocenters. The van der Waals surface area contributed by atoms with Crippen LogP contribution >= 0.6 is 11.6 Å². The number of anilines is 2. The molecule has 8 heteroatoms. The van der Waals surface area contributed by atoms with Gasteiger partial charge in [-0.1, -0.05) is 23.7 Å². The molecule has 2 aromatic rings. The topological polar surface area (TPSA) is 81.6 Å². The zero-order chi connectivity index (χ0) is 26.5. The Labute approximate surface area is 225 Å². The fraction of sp³-hybridized carbons (Fsp3) is 0.621. The monoisotopic (exact) mass is 525 g/mol. The number of aromatic nitrogens is 2. The predicted molar refractivity (Wildman–Crippen MR) is 148 cm³/mol. The molecular weight excluding hydrogens is 486 g/mol. The van der Waals surface area contributed by atoms with Crippen LogP contribution < -0.4 is 10.2 Å². The molecule has 2 aliphatic heterocycles. The summed E-state index contributed by atoms with van der Waals surface area (Å²) in [6, 6.07) is 6.63. The molecule has 1 aromatic carbocycles. The number of rotatable bonds is 7. The van der Waals surface area contributed by atoms with Crippen LogP contribution in [0, 0.1) is 38.0 Å². The van der Waals surface area contributed by atoms with Gasteiger partial charge >= 0.3 is 5.97 Å². The van der Waals surface area contributed by atoms with Gasteiger partial charge in [0, 0.05) is 42.0 Å². The number of carboxylic acids is 1. The average Bonchev–Trinajstić information content (AvgIpc) is 2.79. The van der Waals surface area contributed by atoms with Crippen LogP contribution in [0.2, 0.25) is 5.02 Å². The largest absolute Gasteiger partial charge is 0.481 e. The molecule has 2 N–H and O–H groups in total. The van der Waals surface area contributed by atoms with Gasteiger partial charge in [0.2, 0.25) is 5.95 Å². The lowest BCUT2D eigenvalue weighted by molar-refractivity contribution is -0.158. The second-order valence-corrected chi connectivity index (χ2v) is 12.4. The Bertz CT molecular complexity index is 1180. The highest BCUT2D eigenvalue weighted by Gasteiger charge is 2.49. The van der Waals surface area contributed by atoms with E-state index in [0.29, 0.717) is 17.9 Å². The van der Waals surface area contributed by atoms with Crippen LogP contribution in [0.5, 0.6) is 0 Å². The number of piperidine rings is 1. The third kappa shape index (κ3) is 5.17. The quantitative estimate of drug-likeness (QED) is 0.484. The Morgan fingerprint density at radius 3 is 2.57 bits per heavy atom. The summed E-state index contributed by atoms with van der Waals surface area (Å²) in [5, 5.41) is 13.8. The minimum absolute atomic E-state index is 0.0285. The number of aliphatic carboxylic acids is 1. The van der Waals surface area contributed by atoms with E-state index >= 15 is 0 Å². The summed E-state index contributed by atoms with van der Waals surface area (Å²) in [4.78, 5) is 26.1. The Morgan fingerprint density at radius 1 is 1.16 bits per heavy atom. The van der Waals surface area contributed by atoms with E-state index in [1.54, 1.807) is 0 Å². The third-order valence-corrected chi connectivity index (χ3v) is 9.43. The molecule has 3 fully saturated rings. The third-order valence-electron chi connectivity index (χ3n) is 9.11. The van der Waals surface area contributed by atoms with Gasteiger partial charge in [-0.15, -0.1) is 0 Å². The zero-order valence-corrected chi connectivity index (χ0v) is 23.5. The molecule has 0 spiro atoms. The number of nitrogens with one attached hydrogen (secondary N) is 1. The molecule has 0 bridgehead atoms. The van der Waals surface area contributed by atoms with Crippen molar-refractivity contribution in [3.63, 3.8) is 0 Å². The molecule has 37 heavy (non-hydrogen) atoms. The van der Waals surface area contributed by atoms with Crippen molar-refractivity contribution in [1.82, 2.24) is 14.9 Å². The van der Waals surface area contributed by atoms with Crippen LogP contribution in [0.3, 0.4) is 0 Å². The summed E-state index contributed by atoms with van der Waals surface area (Å²) >= 11 is 6.52. The SMILES string of the molecule is Cc1ccc([C@@H](C)Nc2nc(N3CC([C@H]4CCCN(C5CC(C)(C(=O)O)C5)C4)C3)nc(C)c2C)c(Cl)c1. The van der Waals surface area contributed by atoms with E-state index < -0.39 is 11.4 Å². The maximum Gasteiger partial charge on any atom is 0.309 e. The summed E-state index contributed by atoms with van der Waals surface area (Å²) < 4.78 is 0. The highest BCUT2D eigenvalue weighted by molar-refractivity contribution is 6.31. The van der Waals surface area contributed by atoms with Gasteiger partial charge in [0.25, 0.3) is 0 Å². The number of likely N-dealkylation sites (tertiary alicyclic amines) is 1. The fourth-order valence-electron chi connectivity index (χ4n) is 6.31. The van der Waals surface area contributed by atoms with Gasteiger partial charge in [-0.3, -0.25) is 4.79 Å². The van der Waals surface area contributed by atoms with Crippen LogP contribution in [0.1, 0.15) is 68.0 Å². The van der Waals surface area contributed by atoms with E-state index in [2.05, 4.69) is 48.0 Å². The standard InChI is InChI=1S/C29H40ClN5O2/c1-17-8-9-24(25(30)11-17)20(4)31-26-18(2)19(3)32-28(33-26)35-15-22(16-35)21-7-6-10-34(14-21)23-12-29(5,13-23)27(36)37/h8-9,11,20-23H,6-7,10,12-16H2,1-5H3,(H,36,37)(H,31,32,33)/t20-,21+,23?,29?/m1/s1. The van der Waals surface area contributed by atoms with Gasteiger partial charge in [-0.05, 0) is 95.9 Å². The minimum Gasteiger partial charge on any atom is -0.481 e. The van der Waals surface area contributed by atoms with E-state index in [9.17, 15) is 9.90 Å². The molecule has 5 rings (SSSR count). The van der Waals surface area contributed by atoms with Crippen molar-refractivity contribution in [2.45, 2.75) is 72.4 Å². The predicted octanol–water partition coefficient (Wildman–Crippen LogP) is 5.63. The molecule has 1 aliphatic carbocycles. The van der Waals surface area contributed by atoms with E-state index in [-0.39, 0.29) is 6.04 Å². The Hall–Kier alpha value is -2.38. The first-order valence-electron chi connectivity index (χ1n) is 13.6. The van der Waals surface area contributed by atoms with Gasteiger partial charge in [-0.2, -0.15) is 4.98 Å². The lowest BCUT2D eigenvalue weighted by Crippen LogP contribution is -2.58. The second kappa shape index (κ2) is 10.1. The maximum absolute atomic E-state index is 11.5. The number of benzene rings is 1.